The van der Waals surface area contributed by atoms with E-state index in [1.165, 1.54) is 0 Å². The second kappa shape index (κ2) is 9.11. The Morgan fingerprint density at radius 1 is 1.29 bits per heavy atom. The zero-order valence-electron chi connectivity index (χ0n) is 17.1. The van der Waals surface area contributed by atoms with E-state index in [-0.39, 0.29) is 29.4 Å². The average molecular weight is 500 g/mol. The number of anilines is 1. The van der Waals surface area contributed by atoms with Gasteiger partial charge >= 0.3 is 0 Å². The van der Waals surface area contributed by atoms with Crippen LogP contribution in [0.1, 0.15) is 40.0 Å². The molecule has 0 spiro atoms. The van der Waals surface area contributed by atoms with Crippen molar-refractivity contribution in [3.63, 3.8) is 0 Å². The molecule has 156 valence electrons. The normalized spacial score (nSPS) is 31.4. The highest BCUT2D eigenvalue weighted by molar-refractivity contribution is 14.0. The van der Waals surface area contributed by atoms with E-state index in [2.05, 4.69) is 46.3 Å². The van der Waals surface area contributed by atoms with Gasteiger partial charge in [0.15, 0.2) is 5.96 Å². The summed E-state index contributed by atoms with van der Waals surface area (Å²) < 4.78 is 5.93. The maximum absolute atomic E-state index is 5.93. The fraction of sp³-hybridized carbons (Fsp3) is 0.750. The fourth-order valence-electron chi connectivity index (χ4n) is 4.98. The van der Waals surface area contributed by atoms with Crippen molar-refractivity contribution in [2.45, 2.75) is 58.2 Å². The molecule has 3 fully saturated rings. The summed E-state index contributed by atoms with van der Waals surface area (Å²) in [5.41, 5.74) is 0.147. The van der Waals surface area contributed by atoms with Gasteiger partial charge in [0.1, 0.15) is 0 Å². The SMILES string of the molecule is CCN=C(NC1CCCN(c2ncccn2)C1)NC1C2CCOC2C1(C)C.I. The lowest BCUT2D eigenvalue weighted by Crippen LogP contribution is -2.68. The van der Waals surface area contributed by atoms with Gasteiger partial charge in [0.05, 0.1) is 6.10 Å². The van der Waals surface area contributed by atoms with Crippen molar-refractivity contribution in [2.75, 3.05) is 31.1 Å². The predicted molar refractivity (Wildman–Crippen MR) is 122 cm³/mol. The number of ether oxygens (including phenoxy) is 1. The second-order valence-corrected chi connectivity index (χ2v) is 8.49. The minimum absolute atomic E-state index is 0. The molecule has 2 aliphatic heterocycles. The van der Waals surface area contributed by atoms with Gasteiger partial charge in [-0.05, 0) is 32.3 Å². The monoisotopic (exact) mass is 500 g/mol. The molecule has 2 N–H and O–H groups in total. The van der Waals surface area contributed by atoms with Gasteiger partial charge in [-0.3, -0.25) is 4.99 Å². The minimum atomic E-state index is 0. The third-order valence-corrected chi connectivity index (χ3v) is 6.31. The Labute approximate surface area is 185 Å². The first-order chi connectivity index (χ1) is 13.1. The van der Waals surface area contributed by atoms with Gasteiger partial charge in [0.25, 0.3) is 0 Å². The summed E-state index contributed by atoms with van der Waals surface area (Å²) >= 11 is 0. The summed E-state index contributed by atoms with van der Waals surface area (Å²) in [6, 6.07) is 2.62. The number of nitrogens with one attached hydrogen (secondary N) is 2. The summed E-state index contributed by atoms with van der Waals surface area (Å²) in [5, 5.41) is 7.40. The van der Waals surface area contributed by atoms with Crippen LogP contribution >= 0.6 is 24.0 Å². The fourth-order valence-corrected chi connectivity index (χ4v) is 4.98. The van der Waals surface area contributed by atoms with Crippen LogP contribution in [0, 0.1) is 11.3 Å². The molecule has 4 atom stereocenters. The van der Waals surface area contributed by atoms with Gasteiger partial charge in [0, 0.05) is 62.1 Å². The van der Waals surface area contributed by atoms with Gasteiger partial charge in [-0.15, -0.1) is 24.0 Å². The molecule has 4 unspecified atom stereocenters. The number of hydrogen-bond acceptors (Lipinski definition) is 5. The van der Waals surface area contributed by atoms with Gasteiger partial charge in [-0.1, -0.05) is 13.8 Å². The number of piperidine rings is 1. The van der Waals surface area contributed by atoms with Crippen LogP contribution in [0.3, 0.4) is 0 Å². The molecule has 0 amide bonds. The summed E-state index contributed by atoms with van der Waals surface area (Å²) in [4.78, 5) is 15.8. The molecule has 1 aromatic heterocycles. The molecule has 0 aromatic carbocycles. The number of halogens is 1. The number of guanidine groups is 1. The summed E-state index contributed by atoms with van der Waals surface area (Å²) in [6.45, 7) is 10.3. The molecule has 3 heterocycles. The van der Waals surface area contributed by atoms with E-state index in [4.69, 9.17) is 9.73 Å². The summed E-state index contributed by atoms with van der Waals surface area (Å²) in [5.74, 6) is 2.35. The number of aliphatic imine (C=N–C) groups is 1. The van der Waals surface area contributed by atoms with Gasteiger partial charge in [-0.2, -0.15) is 0 Å². The lowest BCUT2D eigenvalue weighted by Gasteiger charge is -2.55. The first-order valence-corrected chi connectivity index (χ1v) is 10.3. The number of hydrogen-bond donors (Lipinski definition) is 2. The molecule has 8 heteroatoms. The maximum atomic E-state index is 5.93. The van der Waals surface area contributed by atoms with Crippen molar-refractivity contribution < 1.29 is 4.74 Å². The Hall–Kier alpha value is -1.16. The van der Waals surface area contributed by atoms with Gasteiger partial charge in [-0.25, -0.2) is 9.97 Å². The average Bonchev–Trinajstić information content (AvgIpc) is 3.14. The van der Waals surface area contributed by atoms with E-state index in [1.807, 2.05) is 18.5 Å². The van der Waals surface area contributed by atoms with Crippen LogP contribution in [0.25, 0.3) is 0 Å². The van der Waals surface area contributed by atoms with Crippen molar-refractivity contribution in [2.24, 2.45) is 16.3 Å². The molecule has 28 heavy (non-hydrogen) atoms. The van der Waals surface area contributed by atoms with E-state index in [1.54, 1.807) is 0 Å². The molecule has 2 saturated heterocycles. The highest BCUT2D eigenvalue weighted by Crippen LogP contribution is 2.52. The van der Waals surface area contributed by atoms with E-state index in [9.17, 15) is 0 Å². The van der Waals surface area contributed by atoms with Crippen LogP contribution in [0.2, 0.25) is 0 Å². The molecule has 1 aliphatic carbocycles. The third-order valence-electron chi connectivity index (χ3n) is 6.31. The molecule has 4 rings (SSSR count). The van der Waals surface area contributed by atoms with Crippen molar-refractivity contribution in [1.82, 2.24) is 20.6 Å². The van der Waals surface area contributed by atoms with Crippen molar-refractivity contribution in [3.8, 4) is 0 Å². The van der Waals surface area contributed by atoms with Crippen LogP contribution in [-0.4, -0.2) is 60.4 Å². The minimum Gasteiger partial charge on any atom is -0.377 e. The Morgan fingerprint density at radius 3 is 2.82 bits per heavy atom. The molecule has 1 aromatic rings. The highest BCUT2D eigenvalue weighted by atomic mass is 127. The summed E-state index contributed by atoms with van der Waals surface area (Å²) in [6.07, 6.45) is 7.42. The molecular weight excluding hydrogens is 467 g/mol. The highest BCUT2D eigenvalue weighted by Gasteiger charge is 2.59. The van der Waals surface area contributed by atoms with E-state index in [0.717, 1.165) is 57.4 Å². The first-order valence-electron chi connectivity index (χ1n) is 10.3. The molecular formula is C20H33IN6O. The smallest absolute Gasteiger partial charge is 0.225 e. The predicted octanol–water partition coefficient (Wildman–Crippen LogP) is 2.43. The molecule has 1 saturated carbocycles. The largest absolute Gasteiger partial charge is 0.377 e. The van der Waals surface area contributed by atoms with Crippen LogP contribution in [0.4, 0.5) is 5.95 Å². The zero-order valence-corrected chi connectivity index (χ0v) is 19.4. The zero-order chi connectivity index (χ0) is 18.9. The lowest BCUT2D eigenvalue weighted by atomic mass is 9.57. The van der Waals surface area contributed by atoms with Gasteiger partial charge < -0.3 is 20.3 Å². The van der Waals surface area contributed by atoms with E-state index in [0.29, 0.717) is 24.1 Å². The van der Waals surface area contributed by atoms with Crippen molar-refractivity contribution in [1.29, 1.82) is 0 Å². The number of fused-ring (bicyclic) bond motifs is 1. The Morgan fingerprint density at radius 2 is 2.07 bits per heavy atom. The number of nitrogens with zero attached hydrogens (tertiary/aromatic N) is 4. The van der Waals surface area contributed by atoms with E-state index >= 15 is 0 Å². The van der Waals surface area contributed by atoms with E-state index < -0.39 is 0 Å². The van der Waals surface area contributed by atoms with Gasteiger partial charge in [0.2, 0.25) is 5.95 Å². The first kappa shape index (κ1) is 21.5. The van der Waals surface area contributed by atoms with Crippen molar-refractivity contribution >= 4 is 35.9 Å². The molecule has 0 bridgehead atoms. The maximum Gasteiger partial charge on any atom is 0.225 e. The summed E-state index contributed by atoms with van der Waals surface area (Å²) in [7, 11) is 0. The standard InChI is InChI=1S/C20H32N6O.HI/c1-4-21-18(25-16-15-8-12-27-17(15)20(16,2)3)24-14-7-5-11-26(13-14)19-22-9-6-10-23-19;/h6,9-10,14-17H,4-5,7-8,11-13H2,1-3H3,(H2,21,24,25);1H. The van der Waals surface area contributed by atoms with Crippen LogP contribution < -0.4 is 15.5 Å². The van der Waals surface area contributed by atoms with Crippen LogP contribution in [0.5, 0.6) is 0 Å². The van der Waals surface area contributed by atoms with Crippen LogP contribution in [-0.2, 0) is 4.74 Å². The Kier molecular flexibility index (Phi) is 7.01. The van der Waals surface area contributed by atoms with Crippen LogP contribution in [0.15, 0.2) is 23.5 Å². The molecule has 7 nitrogen and oxygen atoms in total. The molecule has 0 radical (unpaired) electrons. The topological polar surface area (TPSA) is 74.7 Å². The Balaban J connectivity index is 0.00000225. The Bertz CT molecular complexity index is 670. The molecule has 3 aliphatic rings. The lowest BCUT2D eigenvalue weighted by molar-refractivity contribution is -0.106. The van der Waals surface area contributed by atoms with Crippen molar-refractivity contribution in [3.05, 3.63) is 18.5 Å². The number of rotatable bonds is 4. The second-order valence-electron chi connectivity index (χ2n) is 8.49. The quantitative estimate of drug-likeness (QED) is 0.376. The third kappa shape index (κ3) is 4.22. The number of aromatic nitrogens is 2.